The smallest absolute Gasteiger partial charge is 0.437 e. The number of hydrogen-bond acceptors (Lipinski definition) is 7. The van der Waals surface area contributed by atoms with Gasteiger partial charge in [-0.05, 0) is 48.5 Å². The van der Waals surface area contributed by atoms with Crippen LogP contribution in [0.4, 0.5) is 18.9 Å². The van der Waals surface area contributed by atoms with Gasteiger partial charge >= 0.3 is 6.36 Å². The van der Waals surface area contributed by atoms with Gasteiger partial charge in [-0.25, -0.2) is 9.97 Å². The van der Waals surface area contributed by atoms with Gasteiger partial charge < -0.3 is 14.8 Å². The first-order chi connectivity index (χ1) is 16.2. The summed E-state index contributed by atoms with van der Waals surface area (Å²) >= 11 is 0. The van der Waals surface area contributed by atoms with E-state index >= 15 is 0 Å². The Morgan fingerprint density at radius 3 is 2.12 bits per heavy atom. The Morgan fingerprint density at radius 2 is 1.53 bits per heavy atom. The minimum atomic E-state index is -4.82. The molecule has 0 saturated carbocycles. The SMILES string of the molecule is CC(=O)c1ccc(NC(=O)c2nc3ccccc3nc2Oc2ccc(OC(F)(F)F)cc2)cn1. The number of fused-ring (bicyclic) bond motifs is 1. The number of carbonyl (C=O) groups excluding carboxylic acids is 2. The Balaban J connectivity index is 1.63. The number of carbonyl (C=O) groups is 2. The zero-order valence-corrected chi connectivity index (χ0v) is 17.5. The molecule has 8 nitrogen and oxygen atoms in total. The van der Waals surface area contributed by atoms with Gasteiger partial charge in [-0.1, -0.05) is 12.1 Å². The van der Waals surface area contributed by atoms with E-state index in [4.69, 9.17) is 4.74 Å². The minimum Gasteiger partial charge on any atom is -0.437 e. The molecule has 0 spiro atoms. The molecule has 11 heteroatoms. The highest BCUT2D eigenvalue weighted by atomic mass is 19.4. The molecule has 4 rings (SSSR count). The highest BCUT2D eigenvalue weighted by Crippen LogP contribution is 2.29. The van der Waals surface area contributed by atoms with Gasteiger partial charge in [0.1, 0.15) is 17.2 Å². The normalized spacial score (nSPS) is 11.2. The van der Waals surface area contributed by atoms with Gasteiger partial charge in [-0.2, -0.15) is 0 Å². The Hall–Kier alpha value is -4.54. The number of halogens is 3. The number of rotatable bonds is 6. The number of amides is 1. The molecule has 1 N–H and O–H groups in total. The second kappa shape index (κ2) is 9.14. The summed E-state index contributed by atoms with van der Waals surface area (Å²) in [5.74, 6) is -1.36. The molecule has 2 aromatic carbocycles. The highest BCUT2D eigenvalue weighted by molar-refractivity contribution is 6.05. The molecule has 1 amide bonds. The van der Waals surface area contributed by atoms with Crippen molar-refractivity contribution in [3.05, 3.63) is 78.2 Å². The standard InChI is InChI=1S/C23H15F3N4O4/c1-13(31)17-11-6-14(12-27-17)28-21(32)20-22(30-19-5-3-2-4-18(19)29-20)33-15-7-9-16(10-8-15)34-23(24,25)26/h2-12H,1H3,(H,28,32). The largest absolute Gasteiger partial charge is 0.573 e. The van der Waals surface area contributed by atoms with Gasteiger partial charge in [0, 0.05) is 6.92 Å². The van der Waals surface area contributed by atoms with Crippen LogP contribution in [0.15, 0.2) is 66.9 Å². The predicted molar refractivity (Wildman–Crippen MR) is 115 cm³/mol. The first-order valence-corrected chi connectivity index (χ1v) is 9.77. The molecule has 4 aromatic rings. The lowest BCUT2D eigenvalue weighted by atomic mass is 10.2. The molecule has 0 fully saturated rings. The maximum Gasteiger partial charge on any atom is 0.573 e. The number of aromatic nitrogens is 3. The van der Waals surface area contributed by atoms with E-state index in [0.29, 0.717) is 16.7 Å². The van der Waals surface area contributed by atoms with Gasteiger partial charge in [-0.15, -0.1) is 13.2 Å². The van der Waals surface area contributed by atoms with Crippen LogP contribution in [0.2, 0.25) is 0 Å². The molecule has 0 atom stereocenters. The predicted octanol–water partition coefficient (Wildman–Crippen LogP) is 5.17. The number of pyridine rings is 1. The van der Waals surface area contributed by atoms with Crippen molar-refractivity contribution in [3.8, 4) is 17.4 Å². The summed E-state index contributed by atoms with van der Waals surface area (Å²) in [6, 6.07) is 14.4. The number of Topliss-reactive ketones (excluding diaryl/α,β-unsaturated/α-hetero) is 1. The second-order valence-corrected chi connectivity index (χ2v) is 6.93. The molecule has 0 aliphatic rings. The number of nitrogens with zero attached hydrogens (tertiary/aromatic N) is 3. The molecule has 34 heavy (non-hydrogen) atoms. The van der Waals surface area contributed by atoms with Crippen molar-refractivity contribution in [2.75, 3.05) is 5.32 Å². The van der Waals surface area contributed by atoms with E-state index in [1.807, 2.05) is 0 Å². The van der Waals surface area contributed by atoms with Gasteiger partial charge in [0.05, 0.1) is 22.9 Å². The van der Waals surface area contributed by atoms with Crippen LogP contribution in [0, 0.1) is 0 Å². The van der Waals surface area contributed by atoms with Crippen LogP contribution < -0.4 is 14.8 Å². The van der Waals surface area contributed by atoms with Crippen molar-refractivity contribution in [3.63, 3.8) is 0 Å². The van der Waals surface area contributed by atoms with Crippen molar-refractivity contribution < 1.29 is 32.2 Å². The van der Waals surface area contributed by atoms with Gasteiger partial charge in [0.25, 0.3) is 11.8 Å². The number of para-hydroxylation sites is 2. The number of ether oxygens (including phenoxy) is 2. The Morgan fingerprint density at radius 1 is 0.882 bits per heavy atom. The average molecular weight is 468 g/mol. The van der Waals surface area contributed by atoms with E-state index in [9.17, 15) is 22.8 Å². The van der Waals surface area contributed by atoms with E-state index in [2.05, 4.69) is 25.0 Å². The first-order valence-electron chi connectivity index (χ1n) is 9.77. The van der Waals surface area contributed by atoms with Crippen molar-refractivity contribution in [1.82, 2.24) is 15.0 Å². The summed E-state index contributed by atoms with van der Waals surface area (Å²) in [6.07, 6.45) is -3.50. The van der Waals surface area contributed by atoms with Crippen molar-refractivity contribution >= 4 is 28.4 Å². The summed E-state index contributed by atoms with van der Waals surface area (Å²) in [7, 11) is 0. The van der Waals surface area contributed by atoms with E-state index in [0.717, 1.165) is 12.1 Å². The number of hydrogen-bond donors (Lipinski definition) is 1. The molecule has 0 radical (unpaired) electrons. The van der Waals surface area contributed by atoms with E-state index in [-0.39, 0.29) is 28.8 Å². The van der Waals surface area contributed by atoms with Crippen LogP contribution >= 0.6 is 0 Å². The average Bonchev–Trinajstić information content (AvgIpc) is 2.79. The third kappa shape index (κ3) is 5.44. The zero-order valence-electron chi connectivity index (χ0n) is 17.5. The van der Waals surface area contributed by atoms with E-state index in [1.54, 1.807) is 24.3 Å². The summed E-state index contributed by atoms with van der Waals surface area (Å²) < 4.78 is 46.7. The van der Waals surface area contributed by atoms with Crippen molar-refractivity contribution in [2.24, 2.45) is 0 Å². The monoisotopic (exact) mass is 468 g/mol. The summed E-state index contributed by atoms with van der Waals surface area (Å²) in [5.41, 5.74) is 1.26. The molecule has 0 aliphatic heterocycles. The lowest BCUT2D eigenvalue weighted by Gasteiger charge is -2.12. The second-order valence-electron chi connectivity index (χ2n) is 6.93. The van der Waals surface area contributed by atoms with Crippen molar-refractivity contribution in [1.29, 1.82) is 0 Å². The fourth-order valence-corrected chi connectivity index (χ4v) is 2.89. The minimum absolute atomic E-state index is 0.112. The molecule has 0 bridgehead atoms. The molecular formula is C23H15F3N4O4. The molecular weight excluding hydrogens is 453 g/mol. The first kappa shape index (κ1) is 22.6. The number of benzene rings is 2. The fraction of sp³-hybridized carbons (Fsp3) is 0.0870. The zero-order chi connectivity index (χ0) is 24.3. The lowest BCUT2D eigenvalue weighted by molar-refractivity contribution is -0.274. The number of alkyl halides is 3. The maximum atomic E-state index is 13.0. The highest BCUT2D eigenvalue weighted by Gasteiger charge is 2.31. The Kier molecular flexibility index (Phi) is 6.09. The van der Waals surface area contributed by atoms with E-state index < -0.39 is 18.0 Å². The summed E-state index contributed by atoms with van der Waals surface area (Å²) in [5, 5.41) is 2.61. The quantitative estimate of drug-likeness (QED) is 0.389. The maximum absolute atomic E-state index is 13.0. The third-order valence-corrected chi connectivity index (χ3v) is 4.41. The summed E-state index contributed by atoms with van der Waals surface area (Å²) in [4.78, 5) is 37.0. The van der Waals surface area contributed by atoms with Crippen LogP contribution in [0.3, 0.4) is 0 Å². The van der Waals surface area contributed by atoms with Gasteiger partial charge in [0.2, 0.25) is 0 Å². The van der Waals surface area contributed by atoms with Crippen LogP contribution in [-0.4, -0.2) is 33.0 Å². The Bertz CT molecular complexity index is 1360. The molecule has 0 aliphatic carbocycles. The van der Waals surface area contributed by atoms with Gasteiger partial charge in [0.15, 0.2) is 11.5 Å². The fourth-order valence-electron chi connectivity index (χ4n) is 2.89. The molecule has 172 valence electrons. The van der Waals surface area contributed by atoms with Crippen LogP contribution in [-0.2, 0) is 0 Å². The van der Waals surface area contributed by atoms with Crippen LogP contribution in [0.1, 0.15) is 27.9 Å². The topological polar surface area (TPSA) is 103 Å². The summed E-state index contributed by atoms with van der Waals surface area (Å²) in [6.45, 7) is 1.37. The van der Waals surface area contributed by atoms with E-state index in [1.165, 1.54) is 37.4 Å². The van der Waals surface area contributed by atoms with Crippen LogP contribution in [0.5, 0.6) is 17.4 Å². The van der Waals surface area contributed by atoms with Crippen LogP contribution in [0.25, 0.3) is 11.0 Å². The number of ketones is 1. The molecule has 2 aromatic heterocycles. The lowest BCUT2D eigenvalue weighted by Crippen LogP contribution is -2.17. The Labute approximate surface area is 190 Å². The molecule has 0 unspecified atom stereocenters. The van der Waals surface area contributed by atoms with Gasteiger partial charge in [-0.3, -0.25) is 14.6 Å². The van der Waals surface area contributed by atoms with Crippen molar-refractivity contribution in [2.45, 2.75) is 13.3 Å². The number of nitrogens with one attached hydrogen (secondary N) is 1. The third-order valence-electron chi connectivity index (χ3n) is 4.41. The number of anilines is 1. The molecule has 2 heterocycles. The molecule has 0 saturated heterocycles.